The van der Waals surface area contributed by atoms with Crippen LogP contribution in [0.25, 0.3) is 22.3 Å². The molecule has 2 aliphatic rings. The van der Waals surface area contributed by atoms with E-state index in [1.807, 2.05) is 72.8 Å². The van der Waals surface area contributed by atoms with E-state index in [1.54, 1.807) is 0 Å². The molecule has 0 saturated carbocycles. The number of anilines is 4. The van der Waals surface area contributed by atoms with Crippen molar-refractivity contribution < 1.29 is 4.79 Å². The normalized spacial score (nSPS) is 14.0. The lowest BCUT2D eigenvalue weighted by Crippen LogP contribution is -2.20. The number of carbonyl (C=O) groups is 1. The second kappa shape index (κ2) is 6.37. The zero-order chi connectivity index (χ0) is 22.1. The number of hydrogen-bond donors (Lipinski definition) is 4. The minimum Gasteiger partial charge on any atom is -0.399 e. The summed E-state index contributed by atoms with van der Waals surface area (Å²) in [5.74, 6) is -0.880. The first kappa shape index (κ1) is 18.5. The molecule has 0 aromatic heterocycles. The standard InChI is InChI=1S/C27H22N4O/c28-13-1-5-17-18-6-2-14(29)10-22(18)25(21(17)9-13)27(32)26-23-11-15(30)3-7-19(23)20-8-4-16(31)12-24(20)26/h1-12,25-26H,28-31H2. The van der Waals surface area contributed by atoms with E-state index in [-0.39, 0.29) is 5.78 Å². The summed E-state index contributed by atoms with van der Waals surface area (Å²) in [5.41, 5.74) is 34.8. The van der Waals surface area contributed by atoms with Gasteiger partial charge in [-0.25, -0.2) is 0 Å². The summed E-state index contributed by atoms with van der Waals surface area (Å²) >= 11 is 0. The molecular formula is C27H22N4O. The van der Waals surface area contributed by atoms with Gasteiger partial charge < -0.3 is 22.9 Å². The third kappa shape index (κ3) is 2.48. The van der Waals surface area contributed by atoms with Gasteiger partial charge in [0.2, 0.25) is 0 Å². The van der Waals surface area contributed by atoms with Gasteiger partial charge in [0.1, 0.15) is 0 Å². The van der Waals surface area contributed by atoms with E-state index in [0.717, 1.165) is 44.5 Å². The van der Waals surface area contributed by atoms with Crippen molar-refractivity contribution in [1.82, 2.24) is 0 Å². The highest BCUT2D eigenvalue weighted by molar-refractivity contribution is 6.06. The third-order valence-electron chi connectivity index (χ3n) is 6.70. The number of nitrogens with two attached hydrogens (primary N) is 4. The molecule has 0 unspecified atom stereocenters. The highest BCUT2D eigenvalue weighted by Gasteiger charge is 2.42. The van der Waals surface area contributed by atoms with E-state index in [1.165, 1.54) is 0 Å². The van der Waals surface area contributed by atoms with E-state index in [0.29, 0.717) is 22.7 Å². The quantitative estimate of drug-likeness (QED) is 0.357. The van der Waals surface area contributed by atoms with Crippen molar-refractivity contribution in [2.75, 3.05) is 22.9 Å². The minimum atomic E-state index is -0.473. The lowest BCUT2D eigenvalue weighted by molar-refractivity contribution is -0.120. The number of rotatable bonds is 2. The van der Waals surface area contributed by atoms with Crippen molar-refractivity contribution in [3.63, 3.8) is 0 Å². The van der Waals surface area contributed by atoms with Gasteiger partial charge in [0.25, 0.3) is 0 Å². The molecule has 32 heavy (non-hydrogen) atoms. The fraction of sp³-hybridized carbons (Fsp3) is 0.0741. The van der Waals surface area contributed by atoms with Crippen molar-refractivity contribution >= 4 is 28.5 Å². The monoisotopic (exact) mass is 418 g/mol. The molecule has 0 fully saturated rings. The SMILES string of the molecule is Nc1ccc2c(c1)C(C(=O)C1c3cc(N)ccc3-c3ccc(N)cc31)c1cc(N)ccc1-2. The van der Waals surface area contributed by atoms with Crippen LogP contribution >= 0.6 is 0 Å². The highest BCUT2D eigenvalue weighted by atomic mass is 16.1. The minimum absolute atomic E-state index is 0.0670. The molecule has 0 heterocycles. The first-order chi connectivity index (χ1) is 15.4. The van der Waals surface area contributed by atoms with E-state index in [9.17, 15) is 4.79 Å². The van der Waals surface area contributed by atoms with Crippen LogP contribution in [0.15, 0.2) is 72.8 Å². The third-order valence-corrected chi connectivity index (χ3v) is 6.70. The fourth-order valence-corrected chi connectivity index (χ4v) is 5.38. The van der Waals surface area contributed by atoms with Gasteiger partial charge in [0, 0.05) is 22.7 Å². The van der Waals surface area contributed by atoms with Crippen molar-refractivity contribution in [1.29, 1.82) is 0 Å². The zero-order valence-corrected chi connectivity index (χ0v) is 17.3. The highest BCUT2D eigenvalue weighted by Crippen LogP contribution is 2.53. The Morgan fingerprint density at radius 3 is 0.969 bits per heavy atom. The van der Waals surface area contributed by atoms with Crippen LogP contribution in [0.5, 0.6) is 0 Å². The summed E-state index contributed by atoms with van der Waals surface area (Å²) in [6.07, 6.45) is 0. The Labute approximate surface area is 185 Å². The summed E-state index contributed by atoms with van der Waals surface area (Å²) in [6.45, 7) is 0. The first-order valence-corrected chi connectivity index (χ1v) is 10.5. The molecule has 0 saturated heterocycles. The van der Waals surface area contributed by atoms with Gasteiger partial charge in [-0.1, -0.05) is 24.3 Å². The largest absolute Gasteiger partial charge is 0.399 e. The smallest absolute Gasteiger partial charge is 0.156 e. The second-order valence-corrected chi connectivity index (χ2v) is 8.66. The van der Waals surface area contributed by atoms with Crippen LogP contribution in [-0.4, -0.2) is 5.78 Å². The zero-order valence-electron chi connectivity index (χ0n) is 17.3. The average molecular weight is 419 g/mol. The van der Waals surface area contributed by atoms with E-state index >= 15 is 0 Å². The Hall–Kier alpha value is -4.25. The van der Waals surface area contributed by atoms with Crippen molar-refractivity contribution in [3.8, 4) is 22.3 Å². The van der Waals surface area contributed by atoms with Crippen LogP contribution in [0.4, 0.5) is 22.7 Å². The maximum Gasteiger partial charge on any atom is 0.156 e. The Morgan fingerprint density at radius 2 is 0.719 bits per heavy atom. The van der Waals surface area contributed by atoms with Crippen LogP contribution in [-0.2, 0) is 4.79 Å². The molecule has 2 aliphatic carbocycles. The molecular weight excluding hydrogens is 396 g/mol. The van der Waals surface area contributed by atoms with Gasteiger partial charge in [0.15, 0.2) is 5.78 Å². The van der Waals surface area contributed by atoms with E-state index in [4.69, 9.17) is 22.9 Å². The maximum absolute atomic E-state index is 14.4. The molecule has 0 radical (unpaired) electrons. The summed E-state index contributed by atoms with van der Waals surface area (Å²) in [5, 5.41) is 0. The summed E-state index contributed by atoms with van der Waals surface area (Å²) in [7, 11) is 0. The van der Waals surface area contributed by atoms with Crippen molar-refractivity contribution in [3.05, 3.63) is 95.1 Å². The molecule has 5 nitrogen and oxygen atoms in total. The van der Waals surface area contributed by atoms with Crippen LogP contribution in [0, 0.1) is 0 Å². The molecule has 156 valence electrons. The Balaban J connectivity index is 1.59. The molecule has 4 aromatic rings. The predicted octanol–water partition coefficient (Wildman–Crippen LogP) is 4.51. The number of Topliss-reactive ketones (excluding diaryl/α,β-unsaturated/α-hetero) is 1. The van der Waals surface area contributed by atoms with Crippen LogP contribution in [0.2, 0.25) is 0 Å². The number of hydrogen-bond acceptors (Lipinski definition) is 5. The average Bonchev–Trinajstić information content (AvgIpc) is 3.23. The number of nitrogen functional groups attached to an aromatic ring is 4. The molecule has 0 aliphatic heterocycles. The number of fused-ring (bicyclic) bond motifs is 6. The number of ketones is 1. The van der Waals surface area contributed by atoms with Crippen LogP contribution < -0.4 is 22.9 Å². The van der Waals surface area contributed by atoms with Crippen molar-refractivity contribution in [2.45, 2.75) is 11.8 Å². The number of carbonyl (C=O) groups excluding carboxylic acids is 1. The lowest BCUT2D eigenvalue weighted by atomic mass is 9.81. The summed E-state index contributed by atoms with van der Waals surface area (Å²) < 4.78 is 0. The molecule has 0 spiro atoms. The fourth-order valence-electron chi connectivity index (χ4n) is 5.38. The van der Waals surface area contributed by atoms with Gasteiger partial charge in [-0.15, -0.1) is 0 Å². The van der Waals surface area contributed by atoms with Gasteiger partial charge in [-0.3, -0.25) is 4.79 Å². The lowest BCUT2D eigenvalue weighted by Gasteiger charge is -2.20. The van der Waals surface area contributed by atoms with E-state index in [2.05, 4.69) is 0 Å². The summed E-state index contributed by atoms with van der Waals surface area (Å²) in [6, 6.07) is 23.0. The Kier molecular flexibility index (Phi) is 3.69. The second-order valence-electron chi connectivity index (χ2n) is 8.66. The summed E-state index contributed by atoms with van der Waals surface area (Å²) in [4.78, 5) is 14.4. The van der Waals surface area contributed by atoms with Crippen molar-refractivity contribution in [2.24, 2.45) is 0 Å². The first-order valence-electron chi connectivity index (χ1n) is 10.5. The van der Waals surface area contributed by atoms with E-state index < -0.39 is 11.8 Å². The molecule has 0 atom stereocenters. The molecule has 5 heteroatoms. The Bertz CT molecular complexity index is 1240. The molecule has 0 amide bonds. The van der Waals surface area contributed by atoms with Crippen LogP contribution in [0.3, 0.4) is 0 Å². The van der Waals surface area contributed by atoms with Gasteiger partial charge in [0.05, 0.1) is 11.8 Å². The Morgan fingerprint density at radius 1 is 0.469 bits per heavy atom. The molecule has 8 N–H and O–H groups in total. The topological polar surface area (TPSA) is 121 Å². The van der Waals surface area contributed by atoms with Gasteiger partial charge >= 0.3 is 0 Å². The molecule has 4 aromatic carbocycles. The number of benzene rings is 4. The maximum atomic E-state index is 14.4. The molecule has 0 bridgehead atoms. The van der Waals surface area contributed by atoms with Crippen LogP contribution in [0.1, 0.15) is 34.1 Å². The van der Waals surface area contributed by atoms with Gasteiger partial charge in [-0.05, 0) is 93.0 Å². The molecule has 6 rings (SSSR count). The van der Waals surface area contributed by atoms with Gasteiger partial charge in [-0.2, -0.15) is 0 Å². The predicted molar refractivity (Wildman–Crippen MR) is 130 cm³/mol.